The molecule has 7 heteroatoms. The van der Waals surface area contributed by atoms with Crippen LogP contribution in [-0.2, 0) is 17.9 Å². The third-order valence-corrected chi connectivity index (χ3v) is 7.57. The molecular weight excluding hydrogens is 438 g/mol. The molecule has 7 nitrogen and oxygen atoms in total. The highest BCUT2D eigenvalue weighted by molar-refractivity contribution is 5.87. The summed E-state index contributed by atoms with van der Waals surface area (Å²) in [5.41, 5.74) is 4.12. The van der Waals surface area contributed by atoms with Crippen molar-refractivity contribution < 1.29 is 4.79 Å². The van der Waals surface area contributed by atoms with E-state index in [1.807, 2.05) is 13.8 Å². The average molecular weight is 478 g/mol. The summed E-state index contributed by atoms with van der Waals surface area (Å²) in [6.45, 7) is 8.28. The second kappa shape index (κ2) is 11.2. The van der Waals surface area contributed by atoms with E-state index in [4.69, 9.17) is 0 Å². The molecule has 1 aliphatic carbocycles. The van der Waals surface area contributed by atoms with Crippen LogP contribution in [0.1, 0.15) is 61.0 Å². The van der Waals surface area contributed by atoms with E-state index in [9.17, 15) is 9.59 Å². The molecule has 2 aromatic heterocycles. The van der Waals surface area contributed by atoms with E-state index in [1.165, 1.54) is 47.9 Å². The summed E-state index contributed by atoms with van der Waals surface area (Å²) in [6, 6.07) is 9.12. The Hall–Kier alpha value is -2.93. The van der Waals surface area contributed by atoms with Crippen LogP contribution >= 0.6 is 0 Å². The lowest BCUT2D eigenvalue weighted by atomic mass is 9.94. The van der Waals surface area contributed by atoms with Crippen molar-refractivity contribution in [2.45, 2.75) is 78.4 Å². The van der Waals surface area contributed by atoms with Crippen molar-refractivity contribution in [1.29, 1.82) is 0 Å². The van der Waals surface area contributed by atoms with Gasteiger partial charge in [-0.1, -0.05) is 49.1 Å². The van der Waals surface area contributed by atoms with Crippen molar-refractivity contribution in [2.24, 2.45) is 0 Å². The molecule has 0 bridgehead atoms. The lowest BCUT2D eigenvalue weighted by Gasteiger charge is -2.31. The van der Waals surface area contributed by atoms with E-state index in [0.29, 0.717) is 24.5 Å². The van der Waals surface area contributed by atoms with Crippen molar-refractivity contribution in [3.05, 3.63) is 63.3 Å². The number of aromatic nitrogens is 3. The van der Waals surface area contributed by atoms with Gasteiger partial charge in [0.1, 0.15) is 6.54 Å². The highest BCUT2D eigenvalue weighted by atomic mass is 16.2. The maximum atomic E-state index is 13.2. The first-order valence-corrected chi connectivity index (χ1v) is 12.9. The van der Waals surface area contributed by atoms with Gasteiger partial charge in [-0.25, -0.2) is 4.68 Å². The number of hydrogen-bond acceptors (Lipinski definition) is 4. The van der Waals surface area contributed by atoms with E-state index >= 15 is 0 Å². The molecule has 0 atom stereocenters. The summed E-state index contributed by atoms with van der Waals surface area (Å²) in [5.74, 6) is -0.173. The number of fused-ring (bicyclic) bond motifs is 1. The Kier molecular flexibility index (Phi) is 8.06. The Balaban J connectivity index is 1.38. The van der Waals surface area contributed by atoms with Crippen molar-refractivity contribution in [3.63, 3.8) is 0 Å². The fraction of sp³-hybridized carbons (Fsp3) is 0.536. The number of carbonyl (C=O) groups excluding carboxylic acids is 1. The minimum atomic E-state index is -0.210. The van der Waals surface area contributed by atoms with Crippen molar-refractivity contribution >= 4 is 16.7 Å². The molecule has 0 aliphatic heterocycles. The SMILES string of the molecule is Cc1ccc(Cn2c(C)c3cnn(CC(=O)NCCCN(C)C4CCCCC4)c(=O)c3c2C)cc1. The molecule has 2 heterocycles. The van der Waals surface area contributed by atoms with Gasteiger partial charge in [0.15, 0.2) is 0 Å². The first-order chi connectivity index (χ1) is 16.8. The summed E-state index contributed by atoms with van der Waals surface area (Å²) in [6.07, 6.45) is 9.20. The number of nitrogens with one attached hydrogen (secondary N) is 1. The fourth-order valence-corrected chi connectivity index (χ4v) is 5.32. The van der Waals surface area contributed by atoms with Crippen LogP contribution in [0.25, 0.3) is 10.8 Å². The Morgan fingerprint density at radius 3 is 2.51 bits per heavy atom. The lowest BCUT2D eigenvalue weighted by molar-refractivity contribution is -0.121. The van der Waals surface area contributed by atoms with Gasteiger partial charge in [-0.2, -0.15) is 5.10 Å². The molecule has 1 fully saturated rings. The van der Waals surface area contributed by atoms with Crippen LogP contribution in [0.5, 0.6) is 0 Å². The minimum Gasteiger partial charge on any atom is -0.354 e. The summed E-state index contributed by atoms with van der Waals surface area (Å²) in [7, 11) is 2.19. The third kappa shape index (κ3) is 5.84. The second-order valence-corrected chi connectivity index (χ2v) is 10.1. The van der Waals surface area contributed by atoms with Crippen LogP contribution in [0, 0.1) is 20.8 Å². The van der Waals surface area contributed by atoms with E-state index in [1.54, 1.807) is 6.20 Å². The Labute approximate surface area is 208 Å². The molecule has 35 heavy (non-hydrogen) atoms. The molecule has 188 valence electrons. The summed E-state index contributed by atoms with van der Waals surface area (Å²) in [4.78, 5) is 28.2. The van der Waals surface area contributed by atoms with Gasteiger partial charge in [-0.05, 0) is 59.2 Å². The maximum absolute atomic E-state index is 13.2. The van der Waals surface area contributed by atoms with Crippen LogP contribution in [0.3, 0.4) is 0 Å². The molecular formula is C28H39N5O2. The van der Waals surface area contributed by atoms with Crippen LogP contribution in [0.2, 0.25) is 0 Å². The van der Waals surface area contributed by atoms with Crippen LogP contribution in [0.15, 0.2) is 35.3 Å². The average Bonchev–Trinajstić information content (AvgIpc) is 3.10. The minimum absolute atomic E-state index is 0.0606. The summed E-state index contributed by atoms with van der Waals surface area (Å²) < 4.78 is 3.44. The molecule has 1 saturated carbocycles. The zero-order valence-electron chi connectivity index (χ0n) is 21.6. The normalized spacial score (nSPS) is 14.7. The smallest absolute Gasteiger partial charge is 0.276 e. The standard InChI is InChI=1S/C28H39N5O2/c1-20-11-13-23(14-12-20)18-32-21(2)25-17-30-33(28(35)27(25)22(32)3)19-26(34)29-15-8-16-31(4)24-9-6-5-7-10-24/h11-14,17,24H,5-10,15-16,18-19H2,1-4H3,(H,29,34). The quantitative estimate of drug-likeness (QED) is 0.474. The lowest BCUT2D eigenvalue weighted by Crippen LogP contribution is -2.37. The van der Waals surface area contributed by atoms with Crippen LogP contribution in [-0.4, -0.2) is 51.3 Å². The van der Waals surface area contributed by atoms with Crippen molar-refractivity contribution in [3.8, 4) is 0 Å². The topological polar surface area (TPSA) is 72.2 Å². The first kappa shape index (κ1) is 25.2. The Bertz CT molecular complexity index is 1220. The van der Waals surface area contributed by atoms with Gasteiger partial charge in [0.05, 0.1) is 11.6 Å². The number of benzene rings is 1. The molecule has 1 aliphatic rings. The Morgan fingerprint density at radius 1 is 1.09 bits per heavy atom. The molecule has 4 rings (SSSR count). The molecule has 0 radical (unpaired) electrons. The number of carbonyl (C=O) groups is 1. The summed E-state index contributed by atoms with van der Waals surface area (Å²) in [5, 5.41) is 8.78. The number of hydrogen-bond donors (Lipinski definition) is 1. The van der Waals surface area contributed by atoms with Gasteiger partial charge in [-0.3, -0.25) is 9.59 Å². The largest absolute Gasteiger partial charge is 0.354 e. The molecule has 1 N–H and O–H groups in total. The van der Waals surface area contributed by atoms with Crippen molar-refractivity contribution in [2.75, 3.05) is 20.1 Å². The van der Waals surface area contributed by atoms with Gasteiger partial charge in [-0.15, -0.1) is 0 Å². The van der Waals surface area contributed by atoms with Crippen LogP contribution < -0.4 is 10.9 Å². The van der Waals surface area contributed by atoms with E-state index < -0.39 is 0 Å². The van der Waals surface area contributed by atoms with E-state index in [2.05, 4.69) is 58.1 Å². The second-order valence-electron chi connectivity index (χ2n) is 10.1. The van der Waals surface area contributed by atoms with E-state index in [0.717, 1.165) is 29.7 Å². The van der Waals surface area contributed by atoms with Gasteiger partial charge in [0.2, 0.25) is 5.91 Å². The third-order valence-electron chi connectivity index (χ3n) is 7.57. The van der Waals surface area contributed by atoms with Crippen LogP contribution in [0.4, 0.5) is 0 Å². The molecule has 1 amide bonds. The molecule has 0 unspecified atom stereocenters. The predicted molar refractivity (Wildman–Crippen MR) is 141 cm³/mol. The molecule has 0 spiro atoms. The Morgan fingerprint density at radius 2 is 1.80 bits per heavy atom. The van der Waals surface area contributed by atoms with E-state index in [-0.39, 0.29) is 18.0 Å². The number of nitrogens with zero attached hydrogens (tertiary/aromatic N) is 4. The number of rotatable bonds is 9. The molecule has 3 aromatic rings. The highest BCUT2D eigenvalue weighted by Crippen LogP contribution is 2.23. The maximum Gasteiger partial charge on any atom is 0.276 e. The molecule has 0 saturated heterocycles. The zero-order chi connectivity index (χ0) is 24.9. The van der Waals surface area contributed by atoms with Gasteiger partial charge < -0.3 is 14.8 Å². The predicted octanol–water partition coefficient (Wildman–Crippen LogP) is 3.94. The molecule has 1 aromatic carbocycles. The van der Waals surface area contributed by atoms with Crippen molar-refractivity contribution in [1.82, 2.24) is 24.6 Å². The van der Waals surface area contributed by atoms with Gasteiger partial charge in [0, 0.05) is 35.9 Å². The number of aryl methyl sites for hydroxylation is 3. The first-order valence-electron chi connectivity index (χ1n) is 12.9. The summed E-state index contributed by atoms with van der Waals surface area (Å²) >= 11 is 0. The monoisotopic (exact) mass is 477 g/mol. The zero-order valence-corrected chi connectivity index (χ0v) is 21.6. The fourth-order valence-electron chi connectivity index (χ4n) is 5.32. The number of amides is 1. The highest BCUT2D eigenvalue weighted by Gasteiger charge is 2.19. The van der Waals surface area contributed by atoms with Gasteiger partial charge >= 0.3 is 0 Å². The van der Waals surface area contributed by atoms with Gasteiger partial charge in [0.25, 0.3) is 5.56 Å².